The Morgan fingerprint density at radius 2 is 0.912 bits per heavy atom. The molecule has 0 bridgehead atoms. The molecular weight excluding hydrogens is 707 g/mol. The zero-order valence-corrected chi connectivity index (χ0v) is 32.7. The molecule has 1 aliphatic carbocycles. The van der Waals surface area contributed by atoms with E-state index < -0.39 is 0 Å². The van der Waals surface area contributed by atoms with Crippen molar-refractivity contribution in [3.63, 3.8) is 0 Å². The molecule has 0 radical (unpaired) electrons. The molecule has 1 nitrogen and oxygen atoms in total. The van der Waals surface area contributed by atoms with Crippen LogP contribution in [0.5, 0.6) is 0 Å². The lowest BCUT2D eigenvalue weighted by Gasteiger charge is -2.30. The molecule has 9 aromatic carbocycles. The van der Waals surface area contributed by atoms with Crippen LogP contribution >= 0.6 is 11.3 Å². The van der Waals surface area contributed by atoms with E-state index in [2.05, 4.69) is 219 Å². The minimum absolute atomic E-state index is 0.0524. The van der Waals surface area contributed by atoms with Gasteiger partial charge in [0.05, 0.1) is 5.69 Å². The van der Waals surface area contributed by atoms with E-state index in [1.54, 1.807) is 0 Å². The van der Waals surface area contributed by atoms with Gasteiger partial charge in [-0.15, -0.1) is 11.3 Å². The SMILES string of the molecule is CC1(C)c2ccccc2-c2ccc(-c3ccc(N(c4ccc(-c5ccccc5)cc4)c4c(-c5ccccc5)c5ccccc5c5sc6ccccc6c45)cc3)cc21. The van der Waals surface area contributed by atoms with Crippen LogP contribution in [0.2, 0.25) is 0 Å². The molecule has 0 atom stereocenters. The van der Waals surface area contributed by atoms with E-state index in [0.717, 1.165) is 11.4 Å². The Bertz CT molecular complexity index is 3120. The van der Waals surface area contributed by atoms with Crippen LogP contribution in [0.4, 0.5) is 17.1 Å². The first-order valence-corrected chi connectivity index (χ1v) is 20.6. The minimum atomic E-state index is -0.0524. The second-order valence-corrected chi connectivity index (χ2v) is 16.7. The van der Waals surface area contributed by atoms with Gasteiger partial charge < -0.3 is 4.90 Å². The highest BCUT2D eigenvalue weighted by Gasteiger charge is 2.35. The van der Waals surface area contributed by atoms with Crippen molar-refractivity contribution in [1.82, 2.24) is 0 Å². The molecule has 11 rings (SSSR count). The molecule has 1 heterocycles. The number of thiophene rings is 1. The molecular formula is C55H39NS. The van der Waals surface area contributed by atoms with E-state index in [9.17, 15) is 0 Å². The summed E-state index contributed by atoms with van der Waals surface area (Å²) in [6.07, 6.45) is 0. The summed E-state index contributed by atoms with van der Waals surface area (Å²) in [6.45, 7) is 4.71. The molecule has 270 valence electrons. The lowest BCUT2D eigenvalue weighted by atomic mass is 9.81. The number of anilines is 3. The Kier molecular flexibility index (Phi) is 7.77. The largest absolute Gasteiger partial charge is 0.309 e. The van der Waals surface area contributed by atoms with Crippen molar-refractivity contribution in [2.24, 2.45) is 0 Å². The van der Waals surface area contributed by atoms with Gasteiger partial charge in [-0.05, 0) is 91.9 Å². The van der Waals surface area contributed by atoms with Crippen LogP contribution in [-0.4, -0.2) is 0 Å². The van der Waals surface area contributed by atoms with Crippen LogP contribution in [0.3, 0.4) is 0 Å². The molecule has 0 N–H and O–H groups in total. The number of fused-ring (bicyclic) bond motifs is 8. The summed E-state index contributed by atoms with van der Waals surface area (Å²) in [5, 5.41) is 5.10. The minimum Gasteiger partial charge on any atom is -0.309 e. The van der Waals surface area contributed by atoms with E-state index in [4.69, 9.17) is 0 Å². The van der Waals surface area contributed by atoms with E-state index in [-0.39, 0.29) is 5.41 Å². The van der Waals surface area contributed by atoms with Crippen molar-refractivity contribution in [3.05, 3.63) is 211 Å². The van der Waals surface area contributed by atoms with Crippen molar-refractivity contribution in [2.75, 3.05) is 4.90 Å². The molecule has 0 saturated heterocycles. The van der Waals surface area contributed by atoms with Gasteiger partial charge in [0.15, 0.2) is 0 Å². The number of nitrogens with zero attached hydrogens (tertiary/aromatic N) is 1. The molecule has 0 fully saturated rings. The van der Waals surface area contributed by atoms with Gasteiger partial charge >= 0.3 is 0 Å². The molecule has 0 saturated carbocycles. The van der Waals surface area contributed by atoms with Gasteiger partial charge in [-0.3, -0.25) is 0 Å². The Morgan fingerprint density at radius 3 is 1.61 bits per heavy atom. The van der Waals surface area contributed by atoms with Gasteiger partial charge in [0, 0.05) is 47.9 Å². The smallest absolute Gasteiger partial charge is 0.0639 e. The molecule has 1 aliphatic rings. The molecule has 0 spiro atoms. The first-order valence-electron chi connectivity index (χ1n) is 19.8. The average Bonchev–Trinajstić information content (AvgIpc) is 3.77. The molecule has 1 aromatic heterocycles. The summed E-state index contributed by atoms with van der Waals surface area (Å²) in [4.78, 5) is 2.51. The highest BCUT2D eigenvalue weighted by atomic mass is 32.1. The predicted octanol–water partition coefficient (Wildman–Crippen LogP) is 16.0. The van der Waals surface area contributed by atoms with Crippen molar-refractivity contribution < 1.29 is 0 Å². The lowest BCUT2D eigenvalue weighted by Crippen LogP contribution is -2.14. The average molecular weight is 746 g/mol. The fraction of sp³-hybridized carbons (Fsp3) is 0.0545. The van der Waals surface area contributed by atoms with Crippen molar-refractivity contribution >= 4 is 59.3 Å². The van der Waals surface area contributed by atoms with Crippen LogP contribution in [0.15, 0.2) is 200 Å². The van der Waals surface area contributed by atoms with E-state index in [0.29, 0.717) is 0 Å². The maximum atomic E-state index is 2.51. The van der Waals surface area contributed by atoms with Crippen LogP contribution in [0.25, 0.3) is 75.5 Å². The van der Waals surface area contributed by atoms with E-state index >= 15 is 0 Å². The van der Waals surface area contributed by atoms with Crippen LogP contribution < -0.4 is 4.90 Å². The monoisotopic (exact) mass is 745 g/mol. The van der Waals surface area contributed by atoms with Gasteiger partial charge in [0.25, 0.3) is 0 Å². The van der Waals surface area contributed by atoms with Gasteiger partial charge in [-0.1, -0.05) is 178 Å². The second kappa shape index (κ2) is 13.2. The van der Waals surface area contributed by atoms with Crippen molar-refractivity contribution in [3.8, 4) is 44.5 Å². The molecule has 2 heteroatoms. The van der Waals surface area contributed by atoms with Gasteiger partial charge in [0.1, 0.15) is 0 Å². The fourth-order valence-electron chi connectivity index (χ4n) is 9.27. The summed E-state index contributed by atoms with van der Waals surface area (Å²) in [7, 11) is 0. The number of benzene rings is 9. The highest BCUT2D eigenvalue weighted by molar-refractivity contribution is 7.26. The highest BCUT2D eigenvalue weighted by Crippen LogP contribution is 2.54. The van der Waals surface area contributed by atoms with Crippen LogP contribution in [-0.2, 0) is 5.41 Å². The third-order valence-corrected chi connectivity index (χ3v) is 13.3. The first kappa shape index (κ1) is 33.6. The Morgan fingerprint density at radius 1 is 0.404 bits per heavy atom. The molecule has 0 amide bonds. The Balaban J connectivity index is 1.15. The Labute approximate surface area is 337 Å². The fourth-order valence-corrected chi connectivity index (χ4v) is 10.5. The second-order valence-electron chi connectivity index (χ2n) is 15.7. The Hall–Kier alpha value is -6.74. The number of hydrogen-bond acceptors (Lipinski definition) is 2. The van der Waals surface area contributed by atoms with Gasteiger partial charge in [-0.2, -0.15) is 0 Å². The maximum absolute atomic E-state index is 2.51. The number of hydrogen-bond donors (Lipinski definition) is 0. The van der Waals surface area contributed by atoms with Gasteiger partial charge in [0.2, 0.25) is 0 Å². The van der Waals surface area contributed by atoms with Crippen molar-refractivity contribution in [1.29, 1.82) is 0 Å². The van der Waals surface area contributed by atoms with E-state index in [1.165, 1.54) is 92.3 Å². The quantitative estimate of drug-likeness (QED) is 0.164. The summed E-state index contributed by atoms with van der Waals surface area (Å²) >= 11 is 1.89. The summed E-state index contributed by atoms with van der Waals surface area (Å²) in [5.41, 5.74) is 16.2. The summed E-state index contributed by atoms with van der Waals surface area (Å²) in [5.74, 6) is 0. The molecule has 57 heavy (non-hydrogen) atoms. The summed E-state index contributed by atoms with van der Waals surface area (Å²) in [6, 6.07) is 73.8. The normalized spacial score (nSPS) is 12.9. The first-order chi connectivity index (χ1) is 28.0. The van der Waals surface area contributed by atoms with Gasteiger partial charge in [-0.25, -0.2) is 0 Å². The molecule has 0 unspecified atom stereocenters. The zero-order valence-electron chi connectivity index (χ0n) is 31.9. The third-order valence-electron chi connectivity index (χ3n) is 12.1. The standard InChI is InChI=1S/C55H39NS/c1-55(2)48-23-13-11-19-43(48)44-34-29-40(35-49(44)55)38-27-32-42(33-28-38)56(41-30-25-37(26-31-41)36-15-5-3-6-16-36)53-51(39-17-7-4-8-18-39)45-20-9-10-21-46(45)54-52(53)47-22-12-14-24-50(47)57-54/h3-35H,1-2H3. The van der Waals surface area contributed by atoms with Crippen molar-refractivity contribution in [2.45, 2.75) is 19.3 Å². The third kappa shape index (κ3) is 5.36. The topological polar surface area (TPSA) is 3.24 Å². The molecule has 0 aliphatic heterocycles. The number of rotatable bonds is 6. The van der Waals surface area contributed by atoms with Crippen LogP contribution in [0.1, 0.15) is 25.0 Å². The predicted molar refractivity (Wildman–Crippen MR) is 245 cm³/mol. The zero-order chi connectivity index (χ0) is 38.1. The molecule has 10 aromatic rings. The van der Waals surface area contributed by atoms with E-state index in [1.807, 2.05) is 11.3 Å². The van der Waals surface area contributed by atoms with Crippen LogP contribution in [0, 0.1) is 0 Å². The summed E-state index contributed by atoms with van der Waals surface area (Å²) < 4.78 is 2.60. The lowest BCUT2D eigenvalue weighted by molar-refractivity contribution is 0.660. The maximum Gasteiger partial charge on any atom is 0.0639 e.